The fourth-order valence-corrected chi connectivity index (χ4v) is 3.70. The molecular weight excluding hydrogens is 339 g/mol. The van der Waals surface area contributed by atoms with Crippen molar-refractivity contribution in [1.29, 1.82) is 0 Å². The van der Waals surface area contributed by atoms with E-state index >= 15 is 0 Å². The Labute approximate surface area is 146 Å². The fraction of sp³-hybridized carbons (Fsp3) is 0.588. The summed E-state index contributed by atoms with van der Waals surface area (Å²) in [6, 6.07) is 5.17. The molecule has 0 spiro atoms. The molecule has 0 radical (unpaired) electrons. The number of rotatable bonds is 6. The van der Waals surface area contributed by atoms with Crippen LogP contribution in [-0.4, -0.2) is 29.6 Å². The average molecular weight is 361 g/mol. The van der Waals surface area contributed by atoms with E-state index in [1.54, 1.807) is 32.0 Å². The number of benzene rings is 1. The minimum Gasteiger partial charge on any atom is -0.464 e. The highest BCUT2D eigenvalue weighted by Gasteiger charge is 2.41. The van der Waals surface area contributed by atoms with Gasteiger partial charge in [0.15, 0.2) is 11.9 Å². The van der Waals surface area contributed by atoms with E-state index in [2.05, 4.69) is 0 Å². The SMILES string of the molecule is CCOC(=O)[C@@H](OC1(O)CCCC1)[C@H](C)c1c(Cl)cccc1Cl. The number of ether oxygens (including phenoxy) is 2. The second kappa shape index (κ2) is 7.84. The van der Waals surface area contributed by atoms with Crippen LogP contribution < -0.4 is 0 Å². The molecular formula is C17H22Cl2O4. The van der Waals surface area contributed by atoms with Gasteiger partial charge < -0.3 is 14.6 Å². The fourth-order valence-electron chi connectivity index (χ4n) is 2.96. The monoisotopic (exact) mass is 360 g/mol. The largest absolute Gasteiger partial charge is 0.464 e. The zero-order valence-electron chi connectivity index (χ0n) is 13.4. The molecule has 0 aliphatic heterocycles. The van der Waals surface area contributed by atoms with E-state index < -0.39 is 23.8 Å². The van der Waals surface area contributed by atoms with E-state index in [-0.39, 0.29) is 6.61 Å². The van der Waals surface area contributed by atoms with Gasteiger partial charge in [0.05, 0.1) is 6.61 Å². The van der Waals surface area contributed by atoms with Gasteiger partial charge in [0.25, 0.3) is 0 Å². The summed E-state index contributed by atoms with van der Waals surface area (Å²) in [5.41, 5.74) is 0.621. The first kappa shape index (κ1) is 18.5. The summed E-state index contributed by atoms with van der Waals surface area (Å²) in [4.78, 5) is 12.4. The normalized spacial score (nSPS) is 19.3. The van der Waals surface area contributed by atoms with Crippen LogP contribution in [0.5, 0.6) is 0 Å². The predicted molar refractivity (Wildman–Crippen MR) is 89.8 cm³/mol. The standard InChI is InChI=1S/C17H22Cl2O4/c1-3-22-16(20)15(23-17(21)9-4-5-10-17)11(2)14-12(18)7-6-8-13(14)19/h6-8,11,15,21H,3-5,9-10H2,1-2H3/t11-,15+/m1/s1. The maximum atomic E-state index is 12.4. The van der Waals surface area contributed by atoms with Crippen molar-refractivity contribution in [2.24, 2.45) is 0 Å². The molecule has 1 aromatic carbocycles. The summed E-state index contributed by atoms with van der Waals surface area (Å²) in [6.45, 7) is 3.76. The second-order valence-electron chi connectivity index (χ2n) is 5.87. The summed E-state index contributed by atoms with van der Waals surface area (Å²) in [5, 5.41) is 11.4. The maximum absolute atomic E-state index is 12.4. The minimum absolute atomic E-state index is 0.236. The van der Waals surface area contributed by atoms with Crippen LogP contribution in [0.15, 0.2) is 18.2 Å². The molecule has 1 aliphatic carbocycles. The Bertz CT molecular complexity index is 535. The second-order valence-corrected chi connectivity index (χ2v) is 6.68. The van der Waals surface area contributed by atoms with Crippen LogP contribution in [0, 0.1) is 0 Å². The topological polar surface area (TPSA) is 55.8 Å². The molecule has 0 unspecified atom stereocenters. The van der Waals surface area contributed by atoms with Gasteiger partial charge >= 0.3 is 5.97 Å². The maximum Gasteiger partial charge on any atom is 0.336 e. The first-order chi connectivity index (χ1) is 10.9. The van der Waals surface area contributed by atoms with Crippen molar-refractivity contribution in [3.05, 3.63) is 33.8 Å². The van der Waals surface area contributed by atoms with Gasteiger partial charge in [0.1, 0.15) is 0 Å². The van der Waals surface area contributed by atoms with E-state index in [1.807, 2.05) is 0 Å². The summed E-state index contributed by atoms with van der Waals surface area (Å²) >= 11 is 12.5. The van der Waals surface area contributed by atoms with Crippen LogP contribution in [0.25, 0.3) is 0 Å². The van der Waals surface area contributed by atoms with Crippen LogP contribution in [0.3, 0.4) is 0 Å². The van der Waals surface area contributed by atoms with Gasteiger partial charge in [-0.2, -0.15) is 0 Å². The highest BCUT2D eigenvalue weighted by molar-refractivity contribution is 6.36. The van der Waals surface area contributed by atoms with Crippen molar-refractivity contribution in [2.45, 2.75) is 57.3 Å². The number of hydrogen-bond donors (Lipinski definition) is 1. The van der Waals surface area contributed by atoms with Crippen molar-refractivity contribution < 1.29 is 19.4 Å². The van der Waals surface area contributed by atoms with Crippen LogP contribution in [0.2, 0.25) is 10.0 Å². The van der Waals surface area contributed by atoms with Crippen molar-refractivity contribution in [2.75, 3.05) is 6.61 Å². The first-order valence-electron chi connectivity index (χ1n) is 7.88. The van der Waals surface area contributed by atoms with E-state index in [0.717, 1.165) is 12.8 Å². The Balaban J connectivity index is 2.30. The minimum atomic E-state index is -1.29. The molecule has 128 valence electrons. The van der Waals surface area contributed by atoms with E-state index in [0.29, 0.717) is 28.5 Å². The number of hydrogen-bond acceptors (Lipinski definition) is 4. The number of carbonyl (C=O) groups excluding carboxylic acids is 1. The third kappa shape index (κ3) is 4.38. The third-order valence-corrected chi connectivity index (χ3v) is 4.82. The number of esters is 1. The van der Waals surface area contributed by atoms with Crippen LogP contribution in [0.1, 0.15) is 51.0 Å². The third-order valence-electron chi connectivity index (χ3n) is 4.16. The summed E-state index contributed by atoms with van der Waals surface area (Å²) in [5.74, 6) is -2.25. The number of aliphatic hydroxyl groups is 1. The lowest BCUT2D eigenvalue weighted by Crippen LogP contribution is -2.41. The summed E-state index contributed by atoms with van der Waals surface area (Å²) < 4.78 is 10.9. The molecule has 0 heterocycles. The van der Waals surface area contributed by atoms with E-state index in [1.165, 1.54) is 0 Å². The Morgan fingerprint density at radius 3 is 2.39 bits per heavy atom. The summed E-state index contributed by atoms with van der Waals surface area (Å²) in [6.07, 6.45) is 1.79. The Hall–Kier alpha value is -0.810. The molecule has 23 heavy (non-hydrogen) atoms. The van der Waals surface area contributed by atoms with Crippen molar-refractivity contribution >= 4 is 29.2 Å². The molecule has 1 N–H and O–H groups in total. The van der Waals surface area contributed by atoms with E-state index in [4.69, 9.17) is 32.7 Å². The van der Waals surface area contributed by atoms with Crippen molar-refractivity contribution in [3.63, 3.8) is 0 Å². The van der Waals surface area contributed by atoms with Crippen LogP contribution >= 0.6 is 23.2 Å². The van der Waals surface area contributed by atoms with Crippen molar-refractivity contribution in [1.82, 2.24) is 0 Å². The van der Waals surface area contributed by atoms with Gasteiger partial charge in [-0.3, -0.25) is 0 Å². The number of carbonyl (C=O) groups is 1. The first-order valence-corrected chi connectivity index (χ1v) is 8.64. The molecule has 0 saturated heterocycles. The highest BCUT2D eigenvalue weighted by Crippen LogP contribution is 2.38. The van der Waals surface area contributed by atoms with Gasteiger partial charge in [-0.05, 0) is 37.5 Å². The van der Waals surface area contributed by atoms with Crippen molar-refractivity contribution in [3.8, 4) is 0 Å². The molecule has 1 saturated carbocycles. The van der Waals surface area contributed by atoms with Gasteiger partial charge in [-0.1, -0.05) is 36.2 Å². The molecule has 0 aromatic heterocycles. The number of halogens is 2. The lowest BCUT2D eigenvalue weighted by molar-refractivity contribution is -0.235. The van der Waals surface area contributed by atoms with Gasteiger partial charge in [-0.15, -0.1) is 0 Å². The lowest BCUT2D eigenvalue weighted by atomic mass is 9.94. The Morgan fingerprint density at radius 1 is 1.30 bits per heavy atom. The molecule has 4 nitrogen and oxygen atoms in total. The molecule has 0 amide bonds. The van der Waals surface area contributed by atoms with Gasteiger partial charge in [0, 0.05) is 28.8 Å². The van der Waals surface area contributed by atoms with Crippen LogP contribution in [-0.2, 0) is 14.3 Å². The highest BCUT2D eigenvalue weighted by atomic mass is 35.5. The zero-order chi connectivity index (χ0) is 17.0. The molecule has 2 atom stereocenters. The zero-order valence-corrected chi connectivity index (χ0v) is 14.9. The lowest BCUT2D eigenvalue weighted by Gasteiger charge is -2.31. The molecule has 1 aromatic rings. The Morgan fingerprint density at radius 2 is 1.87 bits per heavy atom. The predicted octanol–water partition coefficient (Wildman–Crippen LogP) is 4.31. The van der Waals surface area contributed by atoms with Gasteiger partial charge in [0.2, 0.25) is 0 Å². The smallest absolute Gasteiger partial charge is 0.336 e. The van der Waals surface area contributed by atoms with Gasteiger partial charge in [-0.25, -0.2) is 4.79 Å². The quantitative estimate of drug-likeness (QED) is 0.606. The molecule has 0 bridgehead atoms. The van der Waals surface area contributed by atoms with E-state index in [9.17, 15) is 9.90 Å². The molecule has 6 heteroatoms. The molecule has 1 fully saturated rings. The average Bonchev–Trinajstić information content (AvgIpc) is 2.91. The molecule has 2 rings (SSSR count). The summed E-state index contributed by atoms with van der Waals surface area (Å²) in [7, 11) is 0. The Kier molecular flexibility index (Phi) is 6.32. The molecule has 1 aliphatic rings. The van der Waals surface area contributed by atoms with Crippen LogP contribution in [0.4, 0.5) is 0 Å².